The van der Waals surface area contributed by atoms with Crippen molar-refractivity contribution in [1.82, 2.24) is 9.80 Å². The Morgan fingerprint density at radius 2 is 2.05 bits per heavy atom. The summed E-state index contributed by atoms with van der Waals surface area (Å²) in [5.41, 5.74) is 5.18. The summed E-state index contributed by atoms with van der Waals surface area (Å²) >= 11 is 0. The van der Waals surface area contributed by atoms with Crippen LogP contribution >= 0.6 is 0 Å². The predicted octanol–water partition coefficient (Wildman–Crippen LogP) is 0.224. The maximum Gasteiger partial charge on any atom is 0.260 e. The largest absolute Gasteiger partial charge is 0.484 e. The standard InChI is InChI=1S/C15H20FN3O3/c16-12-3-1-4-13(9-12)22-11-15(21)19-6-2-5-18(7-8-19)10-14(17)20/h1,3-4,9H,2,5-8,10-11H2,(H2,17,20). The number of ether oxygens (including phenoxy) is 1. The molecule has 1 aromatic rings. The number of benzene rings is 1. The van der Waals surface area contributed by atoms with Crippen LogP contribution in [0.15, 0.2) is 24.3 Å². The van der Waals surface area contributed by atoms with Gasteiger partial charge in [0.05, 0.1) is 6.54 Å². The van der Waals surface area contributed by atoms with Gasteiger partial charge in [-0.25, -0.2) is 4.39 Å². The predicted molar refractivity (Wildman–Crippen MR) is 78.7 cm³/mol. The third-order valence-corrected chi connectivity index (χ3v) is 3.48. The molecule has 0 aliphatic carbocycles. The molecule has 1 fully saturated rings. The van der Waals surface area contributed by atoms with Gasteiger partial charge in [-0.2, -0.15) is 0 Å². The Kier molecular flexibility index (Phi) is 5.71. The number of carbonyl (C=O) groups is 2. The summed E-state index contributed by atoms with van der Waals surface area (Å²) in [6.45, 7) is 2.56. The lowest BCUT2D eigenvalue weighted by Gasteiger charge is -2.21. The summed E-state index contributed by atoms with van der Waals surface area (Å²) in [6.07, 6.45) is 0.777. The van der Waals surface area contributed by atoms with Gasteiger partial charge in [-0.15, -0.1) is 0 Å². The summed E-state index contributed by atoms with van der Waals surface area (Å²) in [6, 6.07) is 5.69. The third kappa shape index (κ3) is 5.00. The van der Waals surface area contributed by atoms with E-state index in [1.807, 2.05) is 4.90 Å². The van der Waals surface area contributed by atoms with E-state index >= 15 is 0 Å². The normalized spacial score (nSPS) is 16.1. The Morgan fingerprint density at radius 3 is 2.77 bits per heavy atom. The van der Waals surface area contributed by atoms with Crippen molar-refractivity contribution in [2.75, 3.05) is 39.3 Å². The van der Waals surface area contributed by atoms with Crippen molar-refractivity contribution in [2.24, 2.45) is 5.73 Å². The maximum atomic E-state index is 13.0. The van der Waals surface area contributed by atoms with E-state index in [0.717, 1.165) is 13.0 Å². The first-order valence-corrected chi connectivity index (χ1v) is 7.21. The van der Waals surface area contributed by atoms with E-state index in [-0.39, 0.29) is 25.0 Å². The number of hydrogen-bond donors (Lipinski definition) is 1. The van der Waals surface area contributed by atoms with Gasteiger partial charge in [0.1, 0.15) is 11.6 Å². The molecule has 0 unspecified atom stereocenters. The minimum Gasteiger partial charge on any atom is -0.484 e. The molecule has 0 aromatic heterocycles. The molecule has 1 aliphatic rings. The average Bonchev–Trinajstić information content (AvgIpc) is 2.70. The van der Waals surface area contributed by atoms with Crippen LogP contribution < -0.4 is 10.5 Å². The molecule has 0 atom stereocenters. The Bertz CT molecular complexity index is 539. The second-order valence-electron chi connectivity index (χ2n) is 5.22. The number of amides is 2. The van der Waals surface area contributed by atoms with Gasteiger partial charge in [-0.1, -0.05) is 6.07 Å². The van der Waals surface area contributed by atoms with Crippen LogP contribution in [0, 0.1) is 5.82 Å². The molecule has 7 heteroatoms. The first-order chi connectivity index (χ1) is 10.5. The fourth-order valence-corrected chi connectivity index (χ4v) is 2.39. The molecule has 6 nitrogen and oxygen atoms in total. The number of nitrogens with zero attached hydrogens (tertiary/aromatic N) is 2. The van der Waals surface area contributed by atoms with E-state index in [1.165, 1.54) is 18.2 Å². The average molecular weight is 309 g/mol. The van der Waals surface area contributed by atoms with E-state index in [4.69, 9.17) is 10.5 Å². The van der Waals surface area contributed by atoms with Gasteiger partial charge in [0.15, 0.2) is 6.61 Å². The fraction of sp³-hybridized carbons (Fsp3) is 0.467. The molecule has 2 rings (SSSR count). The molecule has 0 spiro atoms. The first-order valence-electron chi connectivity index (χ1n) is 7.21. The topological polar surface area (TPSA) is 75.9 Å². The lowest BCUT2D eigenvalue weighted by Crippen LogP contribution is -2.39. The smallest absolute Gasteiger partial charge is 0.260 e. The lowest BCUT2D eigenvalue weighted by atomic mass is 10.3. The number of rotatable bonds is 5. The molecule has 1 saturated heterocycles. The molecule has 2 N–H and O–H groups in total. The van der Waals surface area contributed by atoms with Crippen molar-refractivity contribution in [1.29, 1.82) is 0 Å². The van der Waals surface area contributed by atoms with E-state index in [0.29, 0.717) is 25.4 Å². The minimum absolute atomic E-state index is 0.126. The first kappa shape index (κ1) is 16.2. The Labute approximate surface area is 128 Å². The van der Waals surface area contributed by atoms with Crippen LogP contribution in [0.5, 0.6) is 5.75 Å². The molecule has 0 radical (unpaired) electrons. The molecule has 0 bridgehead atoms. The maximum absolute atomic E-state index is 13.0. The Hall–Kier alpha value is -2.15. The monoisotopic (exact) mass is 309 g/mol. The van der Waals surface area contributed by atoms with Gasteiger partial charge in [-0.05, 0) is 18.6 Å². The highest BCUT2D eigenvalue weighted by Crippen LogP contribution is 2.12. The minimum atomic E-state index is -0.401. The van der Waals surface area contributed by atoms with Crippen molar-refractivity contribution in [3.8, 4) is 5.75 Å². The fourth-order valence-electron chi connectivity index (χ4n) is 2.39. The highest BCUT2D eigenvalue weighted by molar-refractivity contribution is 5.78. The van der Waals surface area contributed by atoms with Crippen molar-refractivity contribution >= 4 is 11.8 Å². The molecule has 22 heavy (non-hydrogen) atoms. The number of primary amides is 1. The number of nitrogens with two attached hydrogens (primary N) is 1. The van der Waals surface area contributed by atoms with Crippen LogP contribution in [0.25, 0.3) is 0 Å². The summed E-state index contributed by atoms with van der Waals surface area (Å²) in [4.78, 5) is 26.7. The van der Waals surface area contributed by atoms with Crippen molar-refractivity contribution in [3.05, 3.63) is 30.1 Å². The zero-order chi connectivity index (χ0) is 15.9. The van der Waals surface area contributed by atoms with Crippen LogP contribution in [0.4, 0.5) is 4.39 Å². The van der Waals surface area contributed by atoms with Gasteiger partial charge in [-0.3, -0.25) is 14.5 Å². The number of carbonyl (C=O) groups excluding carboxylic acids is 2. The molecule has 1 aliphatic heterocycles. The SMILES string of the molecule is NC(=O)CN1CCCN(C(=O)COc2cccc(F)c2)CC1. The molecular formula is C15H20FN3O3. The summed E-state index contributed by atoms with van der Waals surface area (Å²) in [5.74, 6) is -0.584. The van der Waals surface area contributed by atoms with Gasteiger partial charge >= 0.3 is 0 Å². The highest BCUT2D eigenvalue weighted by atomic mass is 19.1. The zero-order valence-corrected chi connectivity index (χ0v) is 12.3. The number of hydrogen-bond acceptors (Lipinski definition) is 4. The van der Waals surface area contributed by atoms with Gasteiger partial charge in [0, 0.05) is 32.2 Å². The molecule has 1 aromatic carbocycles. The van der Waals surface area contributed by atoms with Crippen LogP contribution in [0.2, 0.25) is 0 Å². The van der Waals surface area contributed by atoms with Crippen LogP contribution in [0.1, 0.15) is 6.42 Å². The quantitative estimate of drug-likeness (QED) is 0.844. The molecule has 120 valence electrons. The molecular weight excluding hydrogens is 289 g/mol. The van der Waals surface area contributed by atoms with Crippen molar-refractivity contribution in [3.63, 3.8) is 0 Å². The van der Waals surface area contributed by atoms with E-state index < -0.39 is 5.82 Å². The third-order valence-electron chi connectivity index (χ3n) is 3.48. The second kappa shape index (κ2) is 7.74. The lowest BCUT2D eigenvalue weighted by molar-refractivity contribution is -0.133. The highest BCUT2D eigenvalue weighted by Gasteiger charge is 2.20. The summed E-state index contributed by atoms with van der Waals surface area (Å²) in [5, 5.41) is 0. The van der Waals surface area contributed by atoms with Crippen LogP contribution in [-0.4, -0.2) is 60.9 Å². The van der Waals surface area contributed by atoms with Crippen molar-refractivity contribution < 1.29 is 18.7 Å². The molecule has 1 heterocycles. The summed E-state index contributed by atoms with van der Waals surface area (Å²) < 4.78 is 18.3. The van der Waals surface area contributed by atoms with Gasteiger partial charge in [0.2, 0.25) is 5.91 Å². The molecule has 0 saturated carbocycles. The van der Waals surface area contributed by atoms with Crippen molar-refractivity contribution in [2.45, 2.75) is 6.42 Å². The second-order valence-corrected chi connectivity index (χ2v) is 5.22. The van der Waals surface area contributed by atoms with Crippen LogP contribution in [-0.2, 0) is 9.59 Å². The zero-order valence-electron chi connectivity index (χ0n) is 12.3. The van der Waals surface area contributed by atoms with Crippen LogP contribution in [0.3, 0.4) is 0 Å². The van der Waals surface area contributed by atoms with E-state index in [2.05, 4.69) is 0 Å². The summed E-state index contributed by atoms with van der Waals surface area (Å²) in [7, 11) is 0. The number of halogens is 1. The van der Waals surface area contributed by atoms with Gasteiger partial charge in [0.25, 0.3) is 5.91 Å². The van der Waals surface area contributed by atoms with E-state index in [9.17, 15) is 14.0 Å². The van der Waals surface area contributed by atoms with E-state index in [1.54, 1.807) is 11.0 Å². The Morgan fingerprint density at radius 1 is 1.23 bits per heavy atom. The molecule has 2 amide bonds. The Balaban J connectivity index is 1.81. The van der Waals surface area contributed by atoms with Gasteiger partial charge < -0.3 is 15.4 Å².